The smallest absolute Gasteiger partial charge is 0.270 e. The van der Waals surface area contributed by atoms with Crippen LogP contribution in [0.5, 0.6) is 0 Å². The zero-order valence-electron chi connectivity index (χ0n) is 13.4. The Labute approximate surface area is 158 Å². The second kappa shape index (κ2) is 8.42. The van der Waals surface area contributed by atoms with Crippen molar-refractivity contribution in [2.24, 2.45) is 0 Å². The maximum atomic E-state index is 12.9. The third-order valence-corrected chi connectivity index (χ3v) is 5.10. The summed E-state index contributed by atoms with van der Waals surface area (Å²) in [5.41, 5.74) is 1.11. The quantitative estimate of drug-likeness (QED) is 0.772. The molecule has 1 aliphatic heterocycles. The number of rotatable bonds is 4. The van der Waals surface area contributed by atoms with Gasteiger partial charge in [-0.25, -0.2) is 0 Å². The molecule has 1 aromatic heterocycles. The number of thiophene rings is 1. The van der Waals surface area contributed by atoms with Crippen LogP contribution in [0, 0.1) is 0 Å². The maximum absolute atomic E-state index is 12.9. The number of nitrogens with zero attached hydrogens (tertiary/aromatic N) is 1. The number of hydrogen-bond acceptors (Lipinski definition) is 4. The molecule has 0 radical (unpaired) electrons. The standard InChI is InChI=1S/C18H17BrN2O3S/c19-14-5-3-13(4-6-14)12-15(18(23)21-7-9-24-10-8-21)20-17(22)16-2-1-11-25-16/h1-6,11-12H,7-10H2,(H,20,22). The summed E-state index contributed by atoms with van der Waals surface area (Å²) in [4.78, 5) is 27.5. The van der Waals surface area contributed by atoms with Gasteiger partial charge in [-0.2, -0.15) is 0 Å². The lowest BCUT2D eigenvalue weighted by molar-refractivity contribution is -0.131. The molecule has 0 saturated carbocycles. The van der Waals surface area contributed by atoms with E-state index in [1.54, 1.807) is 17.0 Å². The first-order valence-electron chi connectivity index (χ1n) is 7.82. The fraction of sp³-hybridized carbons (Fsp3) is 0.222. The van der Waals surface area contributed by atoms with E-state index in [1.807, 2.05) is 35.7 Å². The van der Waals surface area contributed by atoms with Crippen LogP contribution < -0.4 is 5.32 Å². The third-order valence-electron chi connectivity index (χ3n) is 3.70. The summed E-state index contributed by atoms with van der Waals surface area (Å²) < 4.78 is 6.25. The van der Waals surface area contributed by atoms with Crippen molar-refractivity contribution in [1.82, 2.24) is 10.2 Å². The highest BCUT2D eigenvalue weighted by atomic mass is 79.9. The van der Waals surface area contributed by atoms with Crippen LogP contribution >= 0.6 is 27.3 Å². The predicted molar refractivity (Wildman–Crippen MR) is 101 cm³/mol. The molecular weight excluding hydrogens is 404 g/mol. The molecule has 0 atom stereocenters. The fourth-order valence-corrected chi connectivity index (χ4v) is 3.29. The van der Waals surface area contributed by atoms with Gasteiger partial charge in [0.05, 0.1) is 18.1 Å². The van der Waals surface area contributed by atoms with Crippen molar-refractivity contribution in [2.45, 2.75) is 0 Å². The summed E-state index contributed by atoms with van der Waals surface area (Å²) in [6.07, 6.45) is 1.70. The molecule has 7 heteroatoms. The van der Waals surface area contributed by atoms with Crippen molar-refractivity contribution >= 4 is 45.2 Å². The van der Waals surface area contributed by atoms with E-state index in [1.165, 1.54) is 11.3 Å². The molecule has 0 spiro atoms. The molecule has 1 N–H and O–H groups in total. The monoisotopic (exact) mass is 420 g/mol. The number of ether oxygens (including phenoxy) is 1. The van der Waals surface area contributed by atoms with Gasteiger partial charge >= 0.3 is 0 Å². The van der Waals surface area contributed by atoms with Gasteiger partial charge in [-0.3, -0.25) is 9.59 Å². The van der Waals surface area contributed by atoms with Gasteiger partial charge in [0, 0.05) is 17.6 Å². The van der Waals surface area contributed by atoms with Crippen LogP contribution in [0.3, 0.4) is 0 Å². The van der Waals surface area contributed by atoms with Crippen LogP contribution in [0.2, 0.25) is 0 Å². The normalized spacial score (nSPS) is 15.1. The molecule has 130 valence electrons. The van der Waals surface area contributed by atoms with Crippen molar-refractivity contribution in [1.29, 1.82) is 0 Å². The van der Waals surface area contributed by atoms with Gasteiger partial charge in [0.1, 0.15) is 5.70 Å². The van der Waals surface area contributed by atoms with Gasteiger partial charge in [0.15, 0.2) is 0 Å². The maximum Gasteiger partial charge on any atom is 0.270 e. The van der Waals surface area contributed by atoms with E-state index < -0.39 is 0 Å². The molecule has 0 unspecified atom stereocenters. The van der Waals surface area contributed by atoms with Gasteiger partial charge in [-0.05, 0) is 35.2 Å². The van der Waals surface area contributed by atoms with Crippen LogP contribution in [0.25, 0.3) is 6.08 Å². The first kappa shape index (κ1) is 17.8. The van der Waals surface area contributed by atoms with Gasteiger partial charge in [-0.15, -0.1) is 11.3 Å². The number of amides is 2. The molecular formula is C18H17BrN2O3S. The number of carbonyl (C=O) groups is 2. The summed E-state index contributed by atoms with van der Waals surface area (Å²) in [7, 11) is 0. The minimum Gasteiger partial charge on any atom is -0.378 e. The Morgan fingerprint density at radius 1 is 1.16 bits per heavy atom. The average molecular weight is 421 g/mol. The molecule has 0 bridgehead atoms. The van der Waals surface area contributed by atoms with Crippen LogP contribution in [0.4, 0.5) is 0 Å². The lowest BCUT2D eigenvalue weighted by Crippen LogP contribution is -2.44. The van der Waals surface area contributed by atoms with Crippen molar-refractivity contribution in [3.05, 3.63) is 62.4 Å². The number of benzene rings is 1. The number of hydrogen-bond donors (Lipinski definition) is 1. The van der Waals surface area contributed by atoms with Crippen LogP contribution in [-0.2, 0) is 9.53 Å². The minimum atomic E-state index is -0.278. The molecule has 1 fully saturated rings. The molecule has 2 heterocycles. The van der Waals surface area contributed by atoms with Crippen molar-refractivity contribution in [3.63, 3.8) is 0 Å². The summed E-state index contributed by atoms with van der Waals surface area (Å²) in [5, 5.41) is 4.60. The highest BCUT2D eigenvalue weighted by Crippen LogP contribution is 2.15. The zero-order chi connectivity index (χ0) is 17.6. The topological polar surface area (TPSA) is 58.6 Å². The Morgan fingerprint density at radius 3 is 2.52 bits per heavy atom. The molecule has 1 aromatic carbocycles. The second-order valence-corrected chi connectivity index (χ2v) is 7.31. The van der Waals surface area contributed by atoms with Gasteiger partial charge in [0.2, 0.25) is 0 Å². The number of carbonyl (C=O) groups excluding carboxylic acids is 2. The van der Waals surface area contributed by atoms with Crippen molar-refractivity contribution < 1.29 is 14.3 Å². The fourth-order valence-electron chi connectivity index (χ4n) is 2.41. The molecule has 0 aliphatic carbocycles. The van der Waals surface area contributed by atoms with E-state index in [2.05, 4.69) is 21.2 Å². The molecule has 2 amide bonds. The Balaban J connectivity index is 1.85. The number of nitrogens with one attached hydrogen (secondary N) is 1. The highest BCUT2D eigenvalue weighted by Gasteiger charge is 2.22. The van der Waals surface area contributed by atoms with Crippen LogP contribution in [0.1, 0.15) is 15.2 Å². The molecule has 2 aromatic rings. The Kier molecular flexibility index (Phi) is 6.01. The summed E-state index contributed by atoms with van der Waals surface area (Å²) in [5.74, 6) is -0.476. The molecule has 1 aliphatic rings. The average Bonchev–Trinajstić information content (AvgIpc) is 3.18. The van der Waals surface area contributed by atoms with Gasteiger partial charge in [0.25, 0.3) is 11.8 Å². The van der Waals surface area contributed by atoms with E-state index in [9.17, 15) is 9.59 Å². The SMILES string of the molecule is O=C(NC(=Cc1ccc(Br)cc1)C(=O)N1CCOCC1)c1cccs1. The summed E-state index contributed by atoms with van der Waals surface area (Å²) in [6, 6.07) is 11.1. The summed E-state index contributed by atoms with van der Waals surface area (Å²) in [6.45, 7) is 2.06. The zero-order valence-corrected chi connectivity index (χ0v) is 15.8. The molecule has 1 saturated heterocycles. The van der Waals surface area contributed by atoms with Gasteiger partial charge in [-0.1, -0.05) is 34.1 Å². The van der Waals surface area contributed by atoms with E-state index in [-0.39, 0.29) is 17.5 Å². The first-order valence-corrected chi connectivity index (χ1v) is 9.50. The largest absolute Gasteiger partial charge is 0.378 e. The van der Waals surface area contributed by atoms with Crippen LogP contribution in [0.15, 0.2) is 51.9 Å². The molecule has 3 rings (SSSR count). The Hall–Kier alpha value is -1.96. The van der Waals surface area contributed by atoms with Crippen LogP contribution in [-0.4, -0.2) is 43.0 Å². The number of morpholine rings is 1. The third kappa shape index (κ3) is 4.78. The highest BCUT2D eigenvalue weighted by molar-refractivity contribution is 9.10. The van der Waals surface area contributed by atoms with E-state index in [0.717, 1.165) is 10.0 Å². The Bertz CT molecular complexity index is 766. The lowest BCUT2D eigenvalue weighted by atomic mass is 10.1. The molecule has 5 nitrogen and oxygen atoms in total. The van der Waals surface area contributed by atoms with E-state index >= 15 is 0 Å². The lowest BCUT2D eigenvalue weighted by Gasteiger charge is -2.27. The van der Waals surface area contributed by atoms with E-state index in [4.69, 9.17) is 4.74 Å². The second-order valence-electron chi connectivity index (χ2n) is 5.45. The van der Waals surface area contributed by atoms with Crippen molar-refractivity contribution in [3.8, 4) is 0 Å². The van der Waals surface area contributed by atoms with E-state index in [0.29, 0.717) is 31.2 Å². The first-order chi connectivity index (χ1) is 12.1. The predicted octanol–water partition coefficient (Wildman–Crippen LogP) is 3.14. The number of halogens is 1. The molecule has 25 heavy (non-hydrogen) atoms. The Morgan fingerprint density at radius 2 is 1.88 bits per heavy atom. The summed E-state index contributed by atoms with van der Waals surface area (Å²) >= 11 is 4.73. The minimum absolute atomic E-state index is 0.198. The van der Waals surface area contributed by atoms with Crippen molar-refractivity contribution in [2.75, 3.05) is 26.3 Å². The van der Waals surface area contributed by atoms with Gasteiger partial charge < -0.3 is 15.0 Å².